The van der Waals surface area contributed by atoms with Gasteiger partial charge in [-0.25, -0.2) is 0 Å². The largest absolute Gasteiger partial charge is 0.392 e. The Morgan fingerprint density at radius 3 is 2.83 bits per heavy atom. The van der Waals surface area contributed by atoms with Crippen molar-refractivity contribution < 1.29 is 9.90 Å². The second-order valence-electron chi connectivity index (χ2n) is 4.82. The molecule has 2 rings (SSSR count). The van der Waals surface area contributed by atoms with E-state index in [4.69, 9.17) is 0 Å². The maximum Gasteiger partial charge on any atom is 0.241 e. The Balaban J connectivity index is 1.92. The lowest BCUT2D eigenvalue weighted by Gasteiger charge is -2.33. The fraction of sp³-hybridized carbons (Fsp3) is 0.500. The van der Waals surface area contributed by atoms with Gasteiger partial charge in [0.1, 0.15) is 0 Å². The van der Waals surface area contributed by atoms with E-state index in [1.807, 2.05) is 42.2 Å². The molecule has 0 unspecified atom stereocenters. The number of anilines is 1. The molecule has 1 saturated heterocycles. The van der Waals surface area contributed by atoms with Crippen molar-refractivity contribution >= 4 is 11.6 Å². The molecule has 1 aromatic rings. The summed E-state index contributed by atoms with van der Waals surface area (Å²) in [5, 5.41) is 12.5. The molecule has 1 fully saturated rings. The van der Waals surface area contributed by atoms with Gasteiger partial charge in [0.25, 0.3) is 0 Å². The first-order valence-electron chi connectivity index (χ1n) is 6.45. The van der Waals surface area contributed by atoms with Gasteiger partial charge in [-0.05, 0) is 38.4 Å². The third-order valence-corrected chi connectivity index (χ3v) is 3.40. The summed E-state index contributed by atoms with van der Waals surface area (Å²) in [5.41, 5.74) is 0.812. The summed E-state index contributed by atoms with van der Waals surface area (Å²) in [7, 11) is 0. The smallest absolute Gasteiger partial charge is 0.241 e. The minimum Gasteiger partial charge on any atom is -0.392 e. The number of nitrogens with zero attached hydrogens (tertiary/aromatic N) is 1. The SMILES string of the molecule is C[C@@H](C(=O)Nc1ccccc1)N1CCC[C@H](O)C1. The van der Waals surface area contributed by atoms with Crippen molar-refractivity contribution in [3.05, 3.63) is 30.3 Å². The fourth-order valence-corrected chi connectivity index (χ4v) is 2.27. The highest BCUT2D eigenvalue weighted by atomic mass is 16.3. The highest BCUT2D eigenvalue weighted by molar-refractivity contribution is 5.94. The molecule has 0 saturated carbocycles. The summed E-state index contributed by atoms with van der Waals surface area (Å²) >= 11 is 0. The average molecular weight is 248 g/mol. The molecule has 2 N–H and O–H groups in total. The Hall–Kier alpha value is -1.39. The van der Waals surface area contributed by atoms with Crippen LogP contribution in [0.25, 0.3) is 0 Å². The van der Waals surface area contributed by atoms with Crippen LogP contribution >= 0.6 is 0 Å². The number of hydrogen-bond donors (Lipinski definition) is 2. The van der Waals surface area contributed by atoms with E-state index < -0.39 is 0 Å². The first kappa shape index (κ1) is 13.1. The summed E-state index contributed by atoms with van der Waals surface area (Å²) in [6.07, 6.45) is 1.49. The van der Waals surface area contributed by atoms with Gasteiger partial charge in [0, 0.05) is 12.2 Å². The standard InChI is InChI=1S/C14H20N2O2/c1-11(16-9-5-8-13(17)10-16)14(18)15-12-6-3-2-4-7-12/h2-4,6-7,11,13,17H,5,8-10H2,1H3,(H,15,18)/t11-,13-/m0/s1. The van der Waals surface area contributed by atoms with Gasteiger partial charge in [-0.2, -0.15) is 0 Å². The second kappa shape index (κ2) is 5.98. The van der Waals surface area contributed by atoms with E-state index in [2.05, 4.69) is 5.32 Å². The zero-order valence-corrected chi connectivity index (χ0v) is 10.7. The van der Waals surface area contributed by atoms with E-state index in [9.17, 15) is 9.90 Å². The average Bonchev–Trinajstić information content (AvgIpc) is 2.39. The van der Waals surface area contributed by atoms with Crippen LogP contribution in [0.4, 0.5) is 5.69 Å². The van der Waals surface area contributed by atoms with Crippen molar-refractivity contribution in [3.8, 4) is 0 Å². The third-order valence-electron chi connectivity index (χ3n) is 3.40. The van der Waals surface area contributed by atoms with Gasteiger partial charge >= 0.3 is 0 Å². The van der Waals surface area contributed by atoms with Crippen LogP contribution in [0.15, 0.2) is 30.3 Å². The summed E-state index contributed by atoms with van der Waals surface area (Å²) in [6.45, 7) is 3.35. The molecule has 1 amide bonds. The number of para-hydroxylation sites is 1. The number of aliphatic hydroxyl groups excluding tert-OH is 1. The minimum atomic E-state index is -0.300. The first-order valence-corrected chi connectivity index (χ1v) is 6.45. The van der Waals surface area contributed by atoms with E-state index in [-0.39, 0.29) is 18.1 Å². The summed E-state index contributed by atoms with van der Waals surface area (Å²) < 4.78 is 0. The summed E-state index contributed by atoms with van der Waals surface area (Å²) in [5.74, 6) is -0.0182. The number of amides is 1. The molecule has 1 heterocycles. The third kappa shape index (κ3) is 3.31. The number of likely N-dealkylation sites (tertiary alicyclic amines) is 1. The van der Waals surface area contributed by atoms with E-state index >= 15 is 0 Å². The highest BCUT2D eigenvalue weighted by Gasteiger charge is 2.26. The molecule has 0 aromatic heterocycles. The van der Waals surface area contributed by atoms with E-state index in [0.717, 1.165) is 25.1 Å². The topological polar surface area (TPSA) is 52.6 Å². The molecule has 0 radical (unpaired) electrons. The van der Waals surface area contributed by atoms with Crippen molar-refractivity contribution in [1.82, 2.24) is 4.90 Å². The molecular weight excluding hydrogens is 228 g/mol. The molecule has 1 aromatic carbocycles. The van der Waals surface area contributed by atoms with Gasteiger partial charge in [0.05, 0.1) is 12.1 Å². The number of hydrogen-bond acceptors (Lipinski definition) is 3. The van der Waals surface area contributed by atoms with Crippen LogP contribution in [0.2, 0.25) is 0 Å². The van der Waals surface area contributed by atoms with E-state index in [1.165, 1.54) is 0 Å². The second-order valence-corrected chi connectivity index (χ2v) is 4.82. The van der Waals surface area contributed by atoms with Gasteiger partial charge in [-0.3, -0.25) is 9.69 Å². The van der Waals surface area contributed by atoms with Crippen molar-refractivity contribution in [2.24, 2.45) is 0 Å². The normalized spacial score (nSPS) is 22.4. The molecule has 0 bridgehead atoms. The number of benzene rings is 1. The zero-order chi connectivity index (χ0) is 13.0. The van der Waals surface area contributed by atoms with Crippen molar-refractivity contribution in [2.45, 2.75) is 31.9 Å². The lowest BCUT2D eigenvalue weighted by atomic mass is 10.1. The van der Waals surface area contributed by atoms with Crippen molar-refractivity contribution in [1.29, 1.82) is 0 Å². The van der Waals surface area contributed by atoms with Crippen molar-refractivity contribution in [2.75, 3.05) is 18.4 Å². The molecule has 4 heteroatoms. The van der Waals surface area contributed by atoms with Crippen LogP contribution in [0, 0.1) is 0 Å². The number of carbonyl (C=O) groups is 1. The Labute approximate surface area is 108 Å². The van der Waals surface area contributed by atoms with Crippen LogP contribution in [-0.2, 0) is 4.79 Å². The van der Waals surface area contributed by atoms with Crippen LogP contribution in [-0.4, -0.2) is 41.1 Å². The molecule has 2 atom stereocenters. The molecule has 0 spiro atoms. The first-order chi connectivity index (χ1) is 8.66. The number of rotatable bonds is 3. The highest BCUT2D eigenvalue weighted by Crippen LogP contribution is 2.14. The van der Waals surface area contributed by atoms with Gasteiger partial charge in [-0.15, -0.1) is 0 Å². The Morgan fingerprint density at radius 1 is 1.44 bits per heavy atom. The lowest BCUT2D eigenvalue weighted by molar-refractivity contribution is -0.121. The van der Waals surface area contributed by atoms with Gasteiger partial charge in [0.2, 0.25) is 5.91 Å². The maximum atomic E-state index is 12.1. The minimum absolute atomic E-state index is 0.0182. The predicted molar refractivity (Wildman–Crippen MR) is 71.3 cm³/mol. The monoisotopic (exact) mass is 248 g/mol. The molecule has 4 nitrogen and oxygen atoms in total. The van der Waals surface area contributed by atoms with Gasteiger partial charge < -0.3 is 10.4 Å². The maximum absolute atomic E-state index is 12.1. The van der Waals surface area contributed by atoms with Crippen molar-refractivity contribution in [3.63, 3.8) is 0 Å². The zero-order valence-electron chi connectivity index (χ0n) is 10.7. The number of nitrogens with one attached hydrogen (secondary N) is 1. The Bertz CT molecular complexity index is 394. The molecule has 18 heavy (non-hydrogen) atoms. The quantitative estimate of drug-likeness (QED) is 0.851. The molecule has 98 valence electrons. The van der Waals surface area contributed by atoms with E-state index in [1.54, 1.807) is 0 Å². The Morgan fingerprint density at radius 2 is 2.17 bits per heavy atom. The summed E-state index contributed by atoms with van der Waals surface area (Å²) in [6, 6.07) is 9.24. The Kier molecular flexibility index (Phi) is 4.33. The summed E-state index contributed by atoms with van der Waals surface area (Å²) in [4.78, 5) is 14.1. The van der Waals surface area contributed by atoms with Crippen LogP contribution in [0.1, 0.15) is 19.8 Å². The number of carbonyl (C=O) groups excluding carboxylic acids is 1. The van der Waals surface area contributed by atoms with Gasteiger partial charge in [-0.1, -0.05) is 18.2 Å². The number of piperidine rings is 1. The molecular formula is C14H20N2O2. The molecule has 1 aliphatic rings. The number of aliphatic hydroxyl groups is 1. The fourth-order valence-electron chi connectivity index (χ4n) is 2.27. The van der Waals surface area contributed by atoms with Crippen LogP contribution in [0.3, 0.4) is 0 Å². The molecule has 1 aliphatic heterocycles. The predicted octanol–water partition coefficient (Wildman–Crippen LogP) is 1.47. The van der Waals surface area contributed by atoms with E-state index in [0.29, 0.717) is 6.54 Å². The number of β-amino-alcohol motifs (C(OH)–C–C–N with tert-alkyl or cyclic N) is 1. The lowest BCUT2D eigenvalue weighted by Crippen LogP contribution is -2.48. The molecule has 0 aliphatic carbocycles. The van der Waals surface area contributed by atoms with Gasteiger partial charge in [0.15, 0.2) is 0 Å². The van der Waals surface area contributed by atoms with Crippen LogP contribution < -0.4 is 5.32 Å². The van der Waals surface area contributed by atoms with Crippen LogP contribution in [0.5, 0.6) is 0 Å².